The van der Waals surface area contributed by atoms with Crippen molar-refractivity contribution in [3.05, 3.63) is 53.3 Å². The molecular formula is C19H21N5O2. The molecule has 26 heavy (non-hydrogen) atoms. The summed E-state index contributed by atoms with van der Waals surface area (Å²) in [6.07, 6.45) is 1.62. The third-order valence-corrected chi connectivity index (χ3v) is 3.99. The fourth-order valence-electron chi connectivity index (χ4n) is 2.81. The number of carbonyl (C=O) groups excluding carboxylic acids is 1. The number of benzene rings is 1. The number of nitrogen functional groups attached to an aromatic ring is 1. The number of nitrogens with two attached hydrogens (primary N) is 1. The standard InChI is InChI=1S/C19H21N5O2/c1-10(2)23-13-6-7-22-18(21)16(13)17(20)15-8-11-4-5-12(19(25)26-3)9-14(11)24-15/h4-10,20,24H,1-3H3,(H3,21,22,23). The number of nitrogens with one attached hydrogen (secondary N) is 3. The predicted molar refractivity (Wildman–Crippen MR) is 103 cm³/mol. The van der Waals surface area contributed by atoms with E-state index in [1.54, 1.807) is 24.4 Å². The van der Waals surface area contributed by atoms with Crippen LogP contribution in [0.25, 0.3) is 10.9 Å². The molecule has 0 radical (unpaired) electrons. The van der Waals surface area contributed by atoms with Gasteiger partial charge >= 0.3 is 5.97 Å². The SMILES string of the molecule is COC(=O)c1ccc2cc(C(=N)c3c(NC(C)C)ccnc3N)[nH]c2c1. The summed E-state index contributed by atoms with van der Waals surface area (Å²) in [6, 6.07) is 9.06. The highest BCUT2D eigenvalue weighted by molar-refractivity contribution is 6.17. The van der Waals surface area contributed by atoms with Crippen LogP contribution >= 0.6 is 0 Å². The van der Waals surface area contributed by atoms with Gasteiger partial charge in [0.25, 0.3) is 0 Å². The first-order valence-electron chi connectivity index (χ1n) is 8.22. The molecule has 0 spiro atoms. The molecule has 0 bridgehead atoms. The second-order valence-electron chi connectivity index (χ2n) is 6.27. The van der Waals surface area contributed by atoms with Crippen LogP contribution < -0.4 is 11.1 Å². The van der Waals surface area contributed by atoms with Gasteiger partial charge in [0.05, 0.1) is 29.6 Å². The van der Waals surface area contributed by atoms with Crippen LogP contribution in [0.15, 0.2) is 36.5 Å². The number of pyridine rings is 1. The summed E-state index contributed by atoms with van der Waals surface area (Å²) < 4.78 is 4.75. The molecule has 0 atom stereocenters. The van der Waals surface area contributed by atoms with E-state index in [0.717, 1.165) is 16.6 Å². The highest BCUT2D eigenvalue weighted by Crippen LogP contribution is 2.26. The second kappa shape index (κ2) is 6.87. The lowest BCUT2D eigenvalue weighted by Gasteiger charge is -2.16. The van der Waals surface area contributed by atoms with E-state index in [4.69, 9.17) is 15.9 Å². The zero-order valence-electron chi connectivity index (χ0n) is 14.9. The molecule has 0 aliphatic heterocycles. The topological polar surface area (TPSA) is 117 Å². The minimum atomic E-state index is -0.405. The Hall–Kier alpha value is -3.35. The molecular weight excluding hydrogens is 330 g/mol. The monoisotopic (exact) mass is 351 g/mol. The predicted octanol–water partition coefficient (Wildman–Crippen LogP) is 3.17. The fraction of sp³-hybridized carbons (Fsp3) is 0.211. The number of methoxy groups -OCH3 is 1. The first-order chi connectivity index (χ1) is 12.4. The fourth-order valence-corrected chi connectivity index (χ4v) is 2.81. The number of anilines is 2. The number of H-pyrrole nitrogens is 1. The molecule has 134 valence electrons. The third kappa shape index (κ3) is 3.23. The van der Waals surface area contributed by atoms with Gasteiger partial charge in [-0.3, -0.25) is 5.41 Å². The Kier molecular flexibility index (Phi) is 4.62. The Morgan fingerprint density at radius 2 is 2.08 bits per heavy atom. The molecule has 0 saturated carbocycles. The van der Waals surface area contributed by atoms with Gasteiger partial charge in [-0.1, -0.05) is 6.07 Å². The number of ether oxygens (including phenoxy) is 1. The van der Waals surface area contributed by atoms with Crippen molar-refractivity contribution < 1.29 is 9.53 Å². The Morgan fingerprint density at radius 3 is 2.77 bits per heavy atom. The maximum atomic E-state index is 11.7. The molecule has 2 aromatic heterocycles. The molecule has 7 heteroatoms. The van der Waals surface area contributed by atoms with Crippen LogP contribution in [0.2, 0.25) is 0 Å². The Bertz CT molecular complexity index is 991. The average Bonchev–Trinajstić information content (AvgIpc) is 3.03. The summed E-state index contributed by atoms with van der Waals surface area (Å²) in [7, 11) is 1.34. The maximum Gasteiger partial charge on any atom is 0.337 e. The zero-order valence-corrected chi connectivity index (χ0v) is 14.9. The lowest BCUT2D eigenvalue weighted by atomic mass is 10.1. The van der Waals surface area contributed by atoms with Crippen LogP contribution in [0.3, 0.4) is 0 Å². The van der Waals surface area contributed by atoms with Crippen LogP contribution in [0.1, 0.15) is 35.5 Å². The van der Waals surface area contributed by atoms with E-state index in [1.807, 2.05) is 26.0 Å². The average molecular weight is 351 g/mol. The molecule has 0 aliphatic carbocycles. The Balaban J connectivity index is 2.04. The molecule has 7 nitrogen and oxygen atoms in total. The van der Waals surface area contributed by atoms with Gasteiger partial charge in [0.15, 0.2) is 0 Å². The minimum absolute atomic E-state index is 0.189. The van der Waals surface area contributed by atoms with E-state index in [1.165, 1.54) is 7.11 Å². The molecule has 2 heterocycles. The molecule has 0 saturated heterocycles. The zero-order chi connectivity index (χ0) is 18.8. The second-order valence-corrected chi connectivity index (χ2v) is 6.27. The van der Waals surface area contributed by atoms with Gasteiger partial charge in [-0.05, 0) is 38.1 Å². The van der Waals surface area contributed by atoms with Gasteiger partial charge in [0.2, 0.25) is 0 Å². The molecule has 3 aromatic rings. The smallest absolute Gasteiger partial charge is 0.337 e. The summed E-state index contributed by atoms with van der Waals surface area (Å²) in [5.74, 6) is -0.118. The first-order valence-corrected chi connectivity index (χ1v) is 8.22. The Labute approximate surface area is 151 Å². The number of nitrogens with zero attached hydrogens (tertiary/aromatic N) is 1. The van der Waals surface area contributed by atoms with Crippen molar-refractivity contribution in [3.8, 4) is 0 Å². The third-order valence-electron chi connectivity index (χ3n) is 3.99. The molecule has 0 fully saturated rings. The van der Waals surface area contributed by atoms with Crippen LogP contribution in [0.4, 0.5) is 11.5 Å². The number of hydrogen-bond donors (Lipinski definition) is 4. The van der Waals surface area contributed by atoms with E-state index in [2.05, 4.69) is 15.3 Å². The van der Waals surface area contributed by atoms with Crippen LogP contribution in [-0.2, 0) is 4.74 Å². The Morgan fingerprint density at radius 1 is 1.31 bits per heavy atom. The molecule has 0 unspecified atom stereocenters. The summed E-state index contributed by atoms with van der Waals surface area (Å²) in [4.78, 5) is 19.0. The van der Waals surface area contributed by atoms with Crippen molar-refractivity contribution in [3.63, 3.8) is 0 Å². The van der Waals surface area contributed by atoms with Crippen molar-refractivity contribution in [1.29, 1.82) is 5.41 Å². The number of esters is 1. The summed E-state index contributed by atoms with van der Waals surface area (Å²) in [5.41, 5.74) is 9.36. The maximum absolute atomic E-state index is 11.7. The van der Waals surface area contributed by atoms with Crippen molar-refractivity contribution in [1.82, 2.24) is 9.97 Å². The van der Waals surface area contributed by atoms with Crippen molar-refractivity contribution in [2.24, 2.45) is 0 Å². The number of fused-ring (bicyclic) bond motifs is 1. The number of aromatic amines is 1. The quantitative estimate of drug-likeness (QED) is 0.416. The van der Waals surface area contributed by atoms with Gasteiger partial charge in [0.1, 0.15) is 5.82 Å². The minimum Gasteiger partial charge on any atom is -0.465 e. The highest BCUT2D eigenvalue weighted by atomic mass is 16.5. The van der Waals surface area contributed by atoms with E-state index in [0.29, 0.717) is 16.8 Å². The van der Waals surface area contributed by atoms with Crippen LogP contribution in [0.5, 0.6) is 0 Å². The van der Waals surface area contributed by atoms with Gasteiger partial charge in [-0.25, -0.2) is 9.78 Å². The van der Waals surface area contributed by atoms with E-state index in [-0.39, 0.29) is 17.6 Å². The van der Waals surface area contributed by atoms with Gasteiger partial charge in [-0.2, -0.15) is 0 Å². The van der Waals surface area contributed by atoms with Crippen molar-refractivity contribution in [2.75, 3.05) is 18.2 Å². The van der Waals surface area contributed by atoms with Gasteiger partial charge in [0, 0.05) is 28.8 Å². The van der Waals surface area contributed by atoms with Crippen LogP contribution in [-0.4, -0.2) is 34.8 Å². The van der Waals surface area contributed by atoms with Gasteiger partial charge < -0.3 is 20.8 Å². The summed E-state index contributed by atoms with van der Waals surface area (Å²) in [5, 5.41) is 12.8. The van der Waals surface area contributed by atoms with Crippen molar-refractivity contribution in [2.45, 2.75) is 19.9 Å². The molecule has 0 amide bonds. The molecule has 0 aliphatic rings. The molecule has 1 aromatic carbocycles. The van der Waals surface area contributed by atoms with E-state index in [9.17, 15) is 4.79 Å². The highest BCUT2D eigenvalue weighted by Gasteiger charge is 2.17. The summed E-state index contributed by atoms with van der Waals surface area (Å²) >= 11 is 0. The normalized spacial score (nSPS) is 10.9. The van der Waals surface area contributed by atoms with Crippen molar-refractivity contribution >= 4 is 34.1 Å². The van der Waals surface area contributed by atoms with E-state index >= 15 is 0 Å². The number of aromatic nitrogens is 2. The molecule has 3 rings (SSSR count). The lowest BCUT2D eigenvalue weighted by Crippen LogP contribution is -2.16. The van der Waals surface area contributed by atoms with Gasteiger partial charge in [-0.15, -0.1) is 0 Å². The lowest BCUT2D eigenvalue weighted by molar-refractivity contribution is 0.0601. The number of carbonyl (C=O) groups is 1. The summed E-state index contributed by atoms with van der Waals surface area (Å²) in [6.45, 7) is 4.03. The number of rotatable bonds is 5. The molecule has 5 N–H and O–H groups in total. The number of hydrogen-bond acceptors (Lipinski definition) is 6. The van der Waals surface area contributed by atoms with E-state index < -0.39 is 5.97 Å². The first kappa shape index (κ1) is 17.5. The van der Waals surface area contributed by atoms with Crippen LogP contribution in [0, 0.1) is 5.41 Å². The largest absolute Gasteiger partial charge is 0.465 e.